The van der Waals surface area contributed by atoms with Gasteiger partial charge in [0.2, 0.25) is 5.91 Å². The fourth-order valence-corrected chi connectivity index (χ4v) is 3.49. The molecule has 3 rings (SSSR count). The van der Waals surface area contributed by atoms with Crippen molar-refractivity contribution in [3.8, 4) is 10.4 Å². The van der Waals surface area contributed by atoms with Crippen molar-refractivity contribution < 1.29 is 9.59 Å². The van der Waals surface area contributed by atoms with Crippen LogP contribution < -0.4 is 10.6 Å². The maximum Gasteiger partial charge on any atom is 0.253 e. The molecule has 2 aromatic carbocycles. The summed E-state index contributed by atoms with van der Waals surface area (Å²) in [6, 6.07) is 14.3. The summed E-state index contributed by atoms with van der Waals surface area (Å²) in [6.45, 7) is -0.196. The van der Waals surface area contributed by atoms with E-state index in [4.69, 9.17) is 23.2 Å². The molecule has 0 aliphatic rings. The van der Waals surface area contributed by atoms with Crippen LogP contribution in [-0.4, -0.2) is 23.3 Å². The molecule has 132 valence electrons. The lowest BCUT2D eigenvalue weighted by atomic mass is 10.2. The van der Waals surface area contributed by atoms with Gasteiger partial charge in [0, 0.05) is 11.2 Å². The Bertz CT molecular complexity index is 945. The standard InChI is InChI=1S/C18H13Cl2N3O2S/c19-12-6-7-13(14(20)8-12)17(25)21-10-16(24)23-18-22-9-15(26-18)11-4-2-1-3-5-11/h1-9H,10H2,(H,21,25)(H,22,23,24). The lowest BCUT2D eigenvalue weighted by Gasteiger charge is -2.06. The minimum absolute atomic E-state index is 0.196. The normalized spacial score (nSPS) is 10.4. The highest BCUT2D eigenvalue weighted by Gasteiger charge is 2.13. The van der Waals surface area contributed by atoms with Gasteiger partial charge in [0.1, 0.15) is 0 Å². The number of carbonyl (C=O) groups is 2. The molecule has 0 bridgehead atoms. The van der Waals surface area contributed by atoms with Gasteiger partial charge in [0.05, 0.1) is 22.0 Å². The number of amides is 2. The van der Waals surface area contributed by atoms with Crippen LogP contribution in [0.4, 0.5) is 5.13 Å². The molecule has 0 unspecified atom stereocenters. The summed E-state index contributed by atoms with van der Waals surface area (Å²) in [6.07, 6.45) is 1.70. The van der Waals surface area contributed by atoms with Crippen LogP contribution in [0.1, 0.15) is 10.4 Å². The highest BCUT2D eigenvalue weighted by molar-refractivity contribution is 7.19. The van der Waals surface area contributed by atoms with Gasteiger partial charge in [-0.25, -0.2) is 4.98 Å². The number of anilines is 1. The Morgan fingerprint density at radius 1 is 1.08 bits per heavy atom. The fraction of sp³-hybridized carbons (Fsp3) is 0.0556. The maximum absolute atomic E-state index is 12.1. The van der Waals surface area contributed by atoms with Crippen molar-refractivity contribution >= 4 is 51.5 Å². The molecule has 0 aliphatic heterocycles. The van der Waals surface area contributed by atoms with E-state index < -0.39 is 5.91 Å². The second-order valence-corrected chi connectivity index (χ2v) is 7.12. The summed E-state index contributed by atoms with van der Waals surface area (Å²) >= 11 is 13.1. The Balaban J connectivity index is 1.56. The van der Waals surface area contributed by atoms with E-state index in [0.29, 0.717) is 10.2 Å². The Hall–Kier alpha value is -2.41. The number of aromatic nitrogens is 1. The fourth-order valence-electron chi connectivity index (χ4n) is 2.16. The molecule has 0 saturated heterocycles. The smallest absolute Gasteiger partial charge is 0.253 e. The first kappa shape index (κ1) is 18.4. The van der Waals surface area contributed by atoms with Crippen molar-refractivity contribution in [3.05, 3.63) is 70.3 Å². The average Bonchev–Trinajstić information content (AvgIpc) is 3.09. The van der Waals surface area contributed by atoms with Gasteiger partial charge in [-0.2, -0.15) is 0 Å². The lowest BCUT2D eigenvalue weighted by Crippen LogP contribution is -2.32. The van der Waals surface area contributed by atoms with Gasteiger partial charge in [-0.1, -0.05) is 64.9 Å². The van der Waals surface area contributed by atoms with E-state index in [9.17, 15) is 9.59 Å². The molecule has 0 atom stereocenters. The molecule has 2 amide bonds. The highest BCUT2D eigenvalue weighted by Crippen LogP contribution is 2.28. The summed E-state index contributed by atoms with van der Waals surface area (Å²) in [5.74, 6) is -0.830. The molecule has 3 aromatic rings. The quantitative estimate of drug-likeness (QED) is 0.656. The topological polar surface area (TPSA) is 71.1 Å². The van der Waals surface area contributed by atoms with Crippen LogP contribution in [0, 0.1) is 0 Å². The minimum Gasteiger partial charge on any atom is -0.343 e. The number of thiazole rings is 1. The number of nitrogens with one attached hydrogen (secondary N) is 2. The van der Waals surface area contributed by atoms with E-state index in [1.165, 1.54) is 23.5 Å². The van der Waals surface area contributed by atoms with E-state index in [0.717, 1.165) is 10.4 Å². The molecule has 8 heteroatoms. The first-order valence-corrected chi connectivity index (χ1v) is 9.14. The molecule has 0 saturated carbocycles. The van der Waals surface area contributed by atoms with Crippen molar-refractivity contribution in [1.29, 1.82) is 0 Å². The third kappa shape index (κ3) is 4.60. The molecular formula is C18H13Cl2N3O2S. The Morgan fingerprint density at radius 2 is 1.85 bits per heavy atom. The Morgan fingerprint density at radius 3 is 2.58 bits per heavy atom. The van der Waals surface area contributed by atoms with Crippen molar-refractivity contribution in [3.63, 3.8) is 0 Å². The van der Waals surface area contributed by atoms with Crippen molar-refractivity contribution in [2.24, 2.45) is 0 Å². The predicted molar refractivity (Wildman–Crippen MR) is 105 cm³/mol. The Labute approximate surface area is 164 Å². The van der Waals surface area contributed by atoms with Gasteiger partial charge in [0.15, 0.2) is 5.13 Å². The van der Waals surface area contributed by atoms with E-state index in [1.807, 2.05) is 30.3 Å². The zero-order valence-electron chi connectivity index (χ0n) is 13.3. The lowest BCUT2D eigenvalue weighted by molar-refractivity contribution is -0.115. The first-order chi connectivity index (χ1) is 12.5. The van der Waals surface area contributed by atoms with E-state index in [2.05, 4.69) is 15.6 Å². The highest BCUT2D eigenvalue weighted by atomic mass is 35.5. The third-order valence-electron chi connectivity index (χ3n) is 3.40. The maximum atomic E-state index is 12.1. The molecule has 0 aliphatic carbocycles. The average molecular weight is 406 g/mol. The number of halogens is 2. The van der Waals surface area contributed by atoms with Gasteiger partial charge >= 0.3 is 0 Å². The molecule has 1 aromatic heterocycles. The second kappa shape index (κ2) is 8.31. The van der Waals surface area contributed by atoms with Gasteiger partial charge < -0.3 is 10.6 Å². The van der Waals surface area contributed by atoms with Crippen LogP contribution in [0.25, 0.3) is 10.4 Å². The van der Waals surface area contributed by atoms with Gasteiger partial charge in [-0.3, -0.25) is 9.59 Å². The molecule has 5 nitrogen and oxygen atoms in total. The van der Waals surface area contributed by atoms with Crippen LogP contribution >= 0.6 is 34.5 Å². The second-order valence-electron chi connectivity index (χ2n) is 5.25. The van der Waals surface area contributed by atoms with Crippen LogP contribution in [0.5, 0.6) is 0 Å². The summed E-state index contributed by atoms with van der Waals surface area (Å²) in [5, 5.41) is 6.30. The molecule has 1 heterocycles. The van der Waals surface area contributed by atoms with Crippen LogP contribution in [-0.2, 0) is 4.79 Å². The van der Waals surface area contributed by atoms with Crippen molar-refractivity contribution in [2.75, 3.05) is 11.9 Å². The van der Waals surface area contributed by atoms with Crippen LogP contribution in [0.15, 0.2) is 54.7 Å². The van der Waals surface area contributed by atoms with Crippen molar-refractivity contribution in [2.45, 2.75) is 0 Å². The molecule has 0 spiro atoms. The van der Waals surface area contributed by atoms with Crippen LogP contribution in [0.3, 0.4) is 0 Å². The number of hydrogen-bond acceptors (Lipinski definition) is 4. The van der Waals surface area contributed by atoms with E-state index in [-0.39, 0.29) is 23.0 Å². The number of hydrogen-bond donors (Lipinski definition) is 2. The summed E-state index contributed by atoms with van der Waals surface area (Å²) in [5.41, 5.74) is 1.28. The summed E-state index contributed by atoms with van der Waals surface area (Å²) in [4.78, 5) is 29.2. The summed E-state index contributed by atoms with van der Waals surface area (Å²) in [7, 11) is 0. The third-order valence-corrected chi connectivity index (χ3v) is 4.91. The number of nitrogens with zero attached hydrogens (tertiary/aromatic N) is 1. The molecule has 2 N–H and O–H groups in total. The predicted octanol–water partition coefficient (Wildman–Crippen LogP) is 4.49. The van der Waals surface area contributed by atoms with Crippen LogP contribution in [0.2, 0.25) is 10.0 Å². The zero-order valence-corrected chi connectivity index (χ0v) is 15.7. The summed E-state index contributed by atoms with van der Waals surface area (Å²) < 4.78 is 0. The number of rotatable bonds is 5. The van der Waals surface area contributed by atoms with Crippen molar-refractivity contribution in [1.82, 2.24) is 10.3 Å². The number of carbonyl (C=O) groups excluding carboxylic acids is 2. The first-order valence-electron chi connectivity index (χ1n) is 7.57. The molecule has 0 fully saturated rings. The molecule has 26 heavy (non-hydrogen) atoms. The monoisotopic (exact) mass is 405 g/mol. The largest absolute Gasteiger partial charge is 0.343 e. The van der Waals surface area contributed by atoms with E-state index in [1.54, 1.807) is 12.3 Å². The minimum atomic E-state index is -0.453. The van der Waals surface area contributed by atoms with Gasteiger partial charge in [-0.05, 0) is 23.8 Å². The SMILES string of the molecule is O=C(CNC(=O)c1ccc(Cl)cc1Cl)Nc1ncc(-c2ccccc2)s1. The van der Waals surface area contributed by atoms with E-state index >= 15 is 0 Å². The molecular weight excluding hydrogens is 393 g/mol. The molecule has 0 radical (unpaired) electrons. The zero-order chi connectivity index (χ0) is 18.5. The van der Waals surface area contributed by atoms with Gasteiger partial charge in [-0.15, -0.1) is 0 Å². The Kier molecular flexibility index (Phi) is 5.88. The van der Waals surface area contributed by atoms with Gasteiger partial charge in [0.25, 0.3) is 5.91 Å². The number of benzene rings is 2.